The number of amides is 1. The summed E-state index contributed by atoms with van der Waals surface area (Å²) in [5.41, 5.74) is 2.79. The van der Waals surface area contributed by atoms with Crippen molar-refractivity contribution in [3.63, 3.8) is 0 Å². The van der Waals surface area contributed by atoms with E-state index in [0.29, 0.717) is 17.7 Å². The number of carbonyl (C=O) groups excluding carboxylic acids is 1. The van der Waals surface area contributed by atoms with Gasteiger partial charge < -0.3 is 4.90 Å². The van der Waals surface area contributed by atoms with Crippen molar-refractivity contribution in [3.8, 4) is 0 Å². The van der Waals surface area contributed by atoms with Gasteiger partial charge in [-0.15, -0.1) is 11.3 Å². The SMILES string of the molecule is Cc1cccc(CN2C[C@H]3CCCN(C(=O)c4csc(C)n4)[C@H]3C2)n1. The summed E-state index contributed by atoms with van der Waals surface area (Å²) in [6.45, 7) is 7.70. The number of hydrogen-bond donors (Lipinski definition) is 0. The molecule has 4 rings (SSSR count). The molecule has 0 aliphatic carbocycles. The minimum atomic E-state index is 0.106. The van der Waals surface area contributed by atoms with Gasteiger partial charge in [-0.3, -0.25) is 14.7 Å². The summed E-state index contributed by atoms with van der Waals surface area (Å²) in [7, 11) is 0. The standard InChI is InChI=1S/C19H24N4OS/c1-13-5-3-7-16(20-13)10-22-9-15-6-4-8-23(18(15)11-22)19(24)17-12-25-14(2)21-17/h3,5,7,12,15,18H,4,6,8-11H2,1-2H3/t15-,18+/m1/s1. The zero-order valence-corrected chi connectivity index (χ0v) is 15.6. The number of piperidine rings is 1. The van der Waals surface area contributed by atoms with Crippen molar-refractivity contribution in [1.82, 2.24) is 19.8 Å². The molecule has 0 radical (unpaired) electrons. The normalized spacial score (nSPS) is 23.7. The van der Waals surface area contributed by atoms with Crippen LogP contribution in [-0.2, 0) is 6.54 Å². The highest BCUT2D eigenvalue weighted by Crippen LogP contribution is 2.32. The van der Waals surface area contributed by atoms with Gasteiger partial charge in [0.05, 0.1) is 10.7 Å². The molecule has 25 heavy (non-hydrogen) atoms. The summed E-state index contributed by atoms with van der Waals surface area (Å²) < 4.78 is 0. The van der Waals surface area contributed by atoms with Crippen molar-refractivity contribution in [2.24, 2.45) is 5.92 Å². The number of aryl methyl sites for hydroxylation is 2. The van der Waals surface area contributed by atoms with Crippen LogP contribution >= 0.6 is 11.3 Å². The number of hydrogen-bond acceptors (Lipinski definition) is 5. The lowest BCUT2D eigenvalue weighted by atomic mass is 9.92. The van der Waals surface area contributed by atoms with Gasteiger partial charge in [-0.05, 0) is 44.7 Å². The number of aromatic nitrogens is 2. The Morgan fingerprint density at radius 1 is 1.28 bits per heavy atom. The number of fused-ring (bicyclic) bond motifs is 1. The quantitative estimate of drug-likeness (QED) is 0.848. The first kappa shape index (κ1) is 16.7. The van der Waals surface area contributed by atoms with Gasteiger partial charge in [0.2, 0.25) is 0 Å². The van der Waals surface area contributed by atoms with Crippen molar-refractivity contribution in [1.29, 1.82) is 0 Å². The highest BCUT2D eigenvalue weighted by atomic mass is 32.1. The van der Waals surface area contributed by atoms with Gasteiger partial charge in [-0.1, -0.05) is 6.07 Å². The van der Waals surface area contributed by atoms with E-state index in [-0.39, 0.29) is 5.91 Å². The summed E-state index contributed by atoms with van der Waals surface area (Å²) >= 11 is 1.55. The number of rotatable bonds is 3. The maximum absolute atomic E-state index is 12.9. The summed E-state index contributed by atoms with van der Waals surface area (Å²) in [6, 6.07) is 6.51. The van der Waals surface area contributed by atoms with Crippen LogP contribution in [0.15, 0.2) is 23.6 Å². The fourth-order valence-corrected chi connectivity index (χ4v) is 4.76. The van der Waals surface area contributed by atoms with Gasteiger partial charge in [0, 0.05) is 43.3 Å². The second kappa shape index (κ2) is 6.84. The Hall–Kier alpha value is -1.79. The second-order valence-corrected chi connectivity index (χ2v) is 8.25. The molecule has 6 heteroatoms. The van der Waals surface area contributed by atoms with Gasteiger partial charge in [-0.25, -0.2) is 4.98 Å². The van der Waals surface area contributed by atoms with E-state index in [1.807, 2.05) is 25.3 Å². The predicted octanol–water partition coefficient (Wildman–Crippen LogP) is 2.89. The van der Waals surface area contributed by atoms with Crippen molar-refractivity contribution in [3.05, 3.63) is 45.7 Å². The van der Waals surface area contributed by atoms with E-state index >= 15 is 0 Å². The van der Waals surface area contributed by atoms with E-state index in [4.69, 9.17) is 0 Å². The molecule has 0 unspecified atom stereocenters. The van der Waals surface area contributed by atoms with Crippen molar-refractivity contribution in [2.45, 2.75) is 39.3 Å². The van der Waals surface area contributed by atoms with Crippen LogP contribution in [0.2, 0.25) is 0 Å². The maximum atomic E-state index is 12.9. The first-order valence-electron chi connectivity index (χ1n) is 8.98. The number of thiazole rings is 1. The average Bonchev–Trinajstić information content (AvgIpc) is 3.19. The van der Waals surface area contributed by atoms with Crippen LogP contribution in [0.5, 0.6) is 0 Å². The molecule has 2 fully saturated rings. The second-order valence-electron chi connectivity index (χ2n) is 7.18. The summed E-state index contributed by atoms with van der Waals surface area (Å²) in [5.74, 6) is 0.678. The highest BCUT2D eigenvalue weighted by Gasteiger charge is 2.41. The third-order valence-corrected chi connectivity index (χ3v) is 6.06. The minimum absolute atomic E-state index is 0.106. The van der Waals surface area contributed by atoms with E-state index in [9.17, 15) is 4.79 Å². The Kier molecular flexibility index (Phi) is 4.56. The predicted molar refractivity (Wildman–Crippen MR) is 98.7 cm³/mol. The van der Waals surface area contributed by atoms with E-state index in [1.54, 1.807) is 11.3 Å². The fraction of sp³-hybridized carbons (Fsp3) is 0.526. The Balaban J connectivity index is 1.47. The van der Waals surface area contributed by atoms with Crippen LogP contribution in [0.4, 0.5) is 0 Å². The highest BCUT2D eigenvalue weighted by molar-refractivity contribution is 7.09. The number of carbonyl (C=O) groups is 1. The maximum Gasteiger partial charge on any atom is 0.273 e. The molecule has 4 heterocycles. The topological polar surface area (TPSA) is 49.3 Å². The first-order chi connectivity index (χ1) is 12.1. The summed E-state index contributed by atoms with van der Waals surface area (Å²) in [5, 5.41) is 2.85. The van der Waals surface area contributed by atoms with Gasteiger partial charge >= 0.3 is 0 Å². The Labute approximate surface area is 152 Å². The van der Waals surface area contributed by atoms with Crippen LogP contribution in [-0.4, -0.2) is 51.4 Å². The molecule has 1 amide bonds. The molecule has 0 spiro atoms. The molecule has 5 nitrogen and oxygen atoms in total. The fourth-order valence-electron chi connectivity index (χ4n) is 4.17. The molecular formula is C19H24N4OS. The molecule has 2 aromatic rings. The lowest BCUT2D eigenvalue weighted by molar-refractivity contribution is 0.0565. The number of likely N-dealkylation sites (tertiary alicyclic amines) is 2. The van der Waals surface area contributed by atoms with Crippen LogP contribution in [0.25, 0.3) is 0 Å². The molecule has 2 aromatic heterocycles. The Bertz CT molecular complexity index is 774. The zero-order chi connectivity index (χ0) is 17.4. The molecule has 2 saturated heterocycles. The summed E-state index contributed by atoms with van der Waals surface area (Å²) in [6.07, 6.45) is 2.30. The molecule has 0 N–H and O–H groups in total. The largest absolute Gasteiger partial charge is 0.333 e. The number of nitrogens with zero attached hydrogens (tertiary/aromatic N) is 4. The molecule has 132 valence electrons. The Morgan fingerprint density at radius 3 is 2.92 bits per heavy atom. The monoisotopic (exact) mass is 356 g/mol. The van der Waals surface area contributed by atoms with Gasteiger partial charge in [0.15, 0.2) is 0 Å². The average molecular weight is 356 g/mol. The van der Waals surface area contributed by atoms with Gasteiger partial charge in [0.1, 0.15) is 5.69 Å². The molecule has 0 saturated carbocycles. The van der Waals surface area contributed by atoms with E-state index < -0.39 is 0 Å². The minimum Gasteiger partial charge on any atom is -0.333 e. The lowest BCUT2D eigenvalue weighted by Gasteiger charge is -2.36. The van der Waals surface area contributed by atoms with Crippen molar-refractivity contribution < 1.29 is 4.79 Å². The van der Waals surface area contributed by atoms with Crippen LogP contribution < -0.4 is 0 Å². The lowest BCUT2D eigenvalue weighted by Crippen LogP contribution is -2.48. The van der Waals surface area contributed by atoms with Crippen LogP contribution in [0.3, 0.4) is 0 Å². The molecule has 2 atom stereocenters. The van der Waals surface area contributed by atoms with E-state index in [2.05, 4.69) is 31.9 Å². The third kappa shape index (κ3) is 3.46. The van der Waals surface area contributed by atoms with Crippen molar-refractivity contribution >= 4 is 17.2 Å². The van der Waals surface area contributed by atoms with Crippen LogP contribution in [0.1, 0.15) is 39.7 Å². The molecule has 2 aliphatic rings. The number of pyridine rings is 1. The first-order valence-corrected chi connectivity index (χ1v) is 9.86. The molecule has 0 bridgehead atoms. The van der Waals surface area contributed by atoms with Crippen LogP contribution in [0, 0.1) is 19.8 Å². The van der Waals surface area contributed by atoms with Gasteiger partial charge in [-0.2, -0.15) is 0 Å². The molecular weight excluding hydrogens is 332 g/mol. The molecule has 0 aromatic carbocycles. The molecule has 2 aliphatic heterocycles. The van der Waals surface area contributed by atoms with Crippen molar-refractivity contribution in [2.75, 3.05) is 19.6 Å². The zero-order valence-electron chi connectivity index (χ0n) is 14.8. The van der Waals surface area contributed by atoms with Gasteiger partial charge in [0.25, 0.3) is 5.91 Å². The summed E-state index contributed by atoms with van der Waals surface area (Å²) in [4.78, 5) is 26.5. The Morgan fingerprint density at radius 2 is 2.16 bits per heavy atom. The third-order valence-electron chi connectivity index (χ3n) is 5.29. The smallest absolute Gasteiger partial charge is 0.273 e. The van der Waals surface area contributed by atoms with E-state index in [1.165, 1.54) is 6.42 Å². The van der Waals surface area contributed by atoms with E-state index in [0.717, 1.165) is 49.0 Å².